The summed E-state index contributed by atoms with van der Waals surface area (Å²) < 4.78 is 0. The summed E-state index contributed by atoms with van der Waals surface area (Å²) in [5.74, 6) is -2.30. The number of hydrogen-bond acceptors (Lipinski definition) is 8. The number of nitrogens with zero attached hydrogens (tertiary/aromatic N) is 4. The second-order valence-electron chi connectivity index (χ2n) is 18.5. The van der Waals surface area contributed by atoms with E-state index in [1.807, 2.05) is 86.6 Å². The number of imide groups is 4. The van der Waals surface area contributed by atoms with Gasteiger partial charge in [-0.15, -0.1) is 0 Å². The van der Waals surface area contributed by atoms with Gasteiger partial charge in [0.05, 0.1) is 0 Å². The zero-order valence-corrected chi connectivity index (χ0v) is 37.8. The maximum atomic E-state index is 13.4. The Morgan fingerprint density at radius 2 is 0.493 bits per heavy atom. The van der Waals surface area contributed by atoms with E-state index in [2.05, 4.69) is 0 Å². The molecule has 10 aromatic carbocycles. The molecule has 0 spiro atoms. The maximum Gasteiger partial charge on any atom is 0.261 e. The predicted molar refractivity (Wildman–Crippen MR) is 264 cm³/mol. The predicted octanol–water partition coefficient (Wildman–Crippen LogP) is 10.3. The van der Waals surface area contributed by atoms with Gasteiger partial charge in [0, 0.05) is 93.2 Å². The first kappa shape index (κ1) is 40.6. The lowest BCUT2D eigenvalue weighted by atomic mass is 9.82. The molecule has 0 saturated carbocycles. The standard InChI is InChI=1S/C31H24N2O4.C26H14N2O4/c1-3-5-15-33-30(36)22-12-8-18-16-6-10-20-26-21(29(35)32(14-4-2)28(20)34)11-7-17(24(16)26)19-9-13-23(31(33)37)27(22)25(18)19;1-27-23(29)15-7-3-11-13-5-9-17-22-18(26(32)28(2)25(17)31)10-6-14(20(13)22)12-4-8-16(24(27)30)21(15)19(11)12/h6-13H,3-5,14-15H2,1-2H3;3-10H,1-2H3. The van der Waals surface area contributed by atoms with Crippen LogP contribution in [0.2, 0.25) is 0 Å². The van der Waals surface area contributed by atoms with E-state index in [1.54, 1.807) is 24.3 Å². The Bertz CT molecular complexity index is 3820. The van der Waals surface area contributed by atoms with Crippen LogP contribution in [0.1, 0.15) is 116 Å². The highest BCUT2D eigenvalue weighted by atomic mass is 16.2. The molecule has 12 heteroatoms. The average molecular weight is 907 g/mol. The van der Waals surface area contributed by atoms with Crippen LogP contribution < -0.4 is 0 Å². The number of unbranched alkanes of at least 4 members (excludes halogenated alkanes) is 1. The lowest BCUT2D eigenvalue weighted by Crippen LogP contribution is -2.41. The molecule has 0 aromatic heterocycles. The molecule has 0 fully saturated rings. The molecule has 4 aliphatic heterocycles. The minimum absolute atomic E-state index is 0.252. The summed E-state index contributed by atoms with van der Waals surface area (Å²) in [5, 5.41) is 13.4. The first-order chi connectivity index (χ1) is 33.4. The summed E-state index contributed by atoms with van der Waals surface area (Å²) in [7, 11) is 2.99. The summed E-state index contributed by atoms with van der Waals surface area (Å²) >= 11 is 0. The van der Waals surface area contributed by atoms with Crippen LogP contribution >= 0.6 is 0 Å². The fourth-order valence-corrected chi connectivity index (χ4v) is 11.8. The molecule has 8 amide bonds. The SMILES string of the molecule is CCCCN1C(=O)c2ccc3c4ccc5c6c(ccc(c7ccc(c2c37)C1=O)c64)C(=O)N(CCC)C5=O.CN1C(=O)c2ccc3c4ccc5c6c(ccc(c7ccc(c2c37)C1=O)c64)C(=O)N(C)C5=O. The molecular weight excluding hydrogens is 869 g/mol. The number of benzene rings is 10. The Kier molecular flexibility index (Phi) is 8.22. The second-order valence-corrected chi connectivity index (χ2v) is 18.5. The molecule has 14 rings (SSSR count). The summed E-state index contributed by atoms with van der Waals surface area (Å²) in [6.45, 7) is 4.77. The number of carbonyl (C=O) groups excluding carboxylic acids is 8. The van der Waals surface area contributed by atoms with Crippen molar-refractivity contribution >= 4 is 133 Å². The van der Waals surface area contributed by atoms with Gasteiger partial charge in [0.2, 0.25) is 0 Å². The van der Waals surface area contributed by atoms with Gasteiger partial charge in [0.15, 0.2) is 0 Å². The van der Waals surface area contributed by atoms with Crippen molar-refractivity contribution in [3.05, 3.63) is 142 Å². The molecule has 4 aliphatic rings. The minimum atomic E-state index is -0.318. The molecule has 0 unspecified atom stereocenters. The summed E-state index contributed by atoms with van der Waals surface area (Å²) in [6.07, 6.45) is 2.35. The number of rotatable bonds is 5. The van der Waals surface area contributed by atoms with E-state index >= 15 is 0 Å². The van der Waals surface area contributed by atoms with Crippen molar-refractivity contribution in [3.63, 3.8) is 0 Å². The third-order valence-corrected chi connectivity index (χ3v) is 15.0. The molecule has 0 radical (unpaired) electrons. The molecule has 0 N–H and O–H groups in total. The third kappa shape index (κ3) is 4.96. The number of carbonyl (C=O) groups is 8. The molecule has 0 aliphatic carbocycles. The topological polar surface area (TPSA) is 150 Å². The van der Waals surface area contributed by atoms with E-state index in [0.717, 1.165) is 87.3 Å². The van der Waals surface area contributed by atoms with Crippen LogP contribution in [-0.4, -0.2) is 94.0 Å². The first-order valence-corrected chi connectivity index (χ1v) is 23.1. The van der Waals surface area contributed by atoms with E-state index in [0.29, 0.717) is 85.6 Å². The van der Waals surface area contributed by atoms with Gasteiger partial charge in [-0.25, -0.2) is 0 Å². The van der Waals surface area contributed by atoms with Crippen LogP contribution in [0.3, 0.4) is 0 Å². The van der Waals surface area contributed by atoms with E-state index < -0.39 is 0 Å². The highest BCUT2D eigenvalue weighted by Gasteiger charge is 2.38. The van der Waals surface area contributed by atoms with Crippen molar-refractivity contribution in [3.8, 4) is 0 Å². The van der Waals surface area contributed by atoms with Crippen LogP contribution in [-0.2, 0) is 0 Å². The Morgan fingerprint density at radius 3 is 0.710 bits per heavy atom. The molecule has 10 aromatic rings. The third-order valence-electron chi connectivity index (χ3n) is 15.0. The van der Waals surface area contributed by atoms with Gasteiger partial charge in [-0.2, -0.15) is 0 Å². The molecule has 69 heavy (non-hydrogen) atoms. The van der Waals surface area contributed by atoms with Gasteiger partial charge >= 0.3 is 0 Å². The number of amides is 8. The Balaban J connectivity index is 0.000000137. The molecule has 12 nitrogen and oxygen atoms in total. The molecule has 334 valence electrons. The number of hydrogen-bond donors (Lipinski definition) is 0. The van der Waals surface area contributed by atoms with Gasteiger partial charge in [0.1, 0.15) is 0 Å². The van der Waals surface area contributed by atoms with Gasteiger partial charge in [-0.1, -0.05) is 68.8 Å². The summed E-state index contributed by atoms with van der Waals surface area (Å²) in [5.41, 5.74) is 4.17. The highest BCUT2D eigenvalue weighted by Crippen LogP contribution is 2.48. The average Bonchev–Trinajstić information content (AvgIpc) is 3.37. The van der Waals surface area contributed by atoms with Crippen molar-refractivity contribution in [2.45, 2.75) is 33.1 Å². The zero-order valence-electron chi connectivity index (χ0n) is 37.8. The molecule has 0 bridgehead atoms. The van der Waals surface area contributed by atoms with Crippen molar-refractivity contribution in [1.82, 2.24) is 19.6 Å². The van der Waals surface area contributed by atoms with Gasteiger partial charge in [-0.05, 0) is 126 Å². The lowest BCUT2D eigenvalue weighted by molar-refractivity contribution is 0.0594. The molecule has 4 heterocycles. The maximum absolute atomic E-state index is 13.4. The fraction of sp³-hybridized carbons (Fsp3) is 0.158. The summed E-state index contributed by atoms with van der Waals surface area (Å²) in [4.78, 5) is 110. The lowest BCUT2D eigenvalue weighted by Gasteiger charge is -2.30. The van der Waals surface area contributed by atoms with E-state index in [9.17, 15) is 38.4 Å². The minimum Gasteiger partial charge on any atom is -0.277 e. The van der Waals surface area contributed by atoms with E-state index in [-0.39, 0.29) is 47.3 Å². The molecule has 0 atom stereocenters. The normalized spacial score (nSPS) is 15.7. The van der Waals surface area contributed by atoms with Crippen molar-refractivity contribution < 1.29 is 38.4 Å². The molecular formula is C57H38N4O8. The highest BCUT2D eigenvalue weighted by molar-refractivity contribution is 6.43. The van der Waals surface area contributed by atoms with Crippen molar-refractivity contribution in [2.75, 3.05) is 27.2 Å². The van der Waals surface area contributed by atoms with Crippen molar-refractivity contribution in [2.24, 2.45) is 0 Å². The summed E-state index contributed by atoms with van der Waals surface area (Å²) in [6, 6.07) is 29.7. The Morgan fingerprint density at radius 1 is 0.275 bits per heavy atom. The zero-order chi connectivity index (χ0) is 47.6. The van der Waals surface area contributed by atoms with Gasteiger partial charge in [-0.3, -0.25) is 58.0 Å². The van der Waals surface area contributed by atoms with Crippen molar-refractivity contribution in [1.29, 1.82) is 0 Å². The van der Waals surface area contributed by atoms with E-state index in [4.69, 9.17) is 0 Å². The van der Waals surface area contributed by atoms with Crippen LogP contribution in [0.25, 0.3) is 86.2 Å². The van der Waals surface area contributed by atoms with E-state index in [1.165, 1.54) is 23.9 Å². The Labute approximate surface area is 391 Å². The largest absolute Gasteiger partial charge is 0.277 e. The second kappa shape index (κ2) is 14.0. The fourth-order valence-electron chi connectivity index (χ4n) is 11.8. The van der Waals surface area contributed by atoms with Crippen LogP contribution in [0.4, 0.5) is 0 Å². The van der Waals surface area contributed by atoms with Crippen LogP contribution in [0, 0.1) is 0 Å². The quantitative estimate of drug-likeness (QED) is 0.0941. The first-order valence-electron chi connectivity index (χ1n) is 23.1. The molecule has 0 saturated heterocycles. The number of fused-ring (bicyclic) bond motifs is 4. The van der Waals surface area contributed by atoms with Gasteiger partial charge in [0.25, 0.3) is 47.3 Å². The smallest absolute Gasteiger partial charge is 0.261 e. The van der Waals surface area contributed by atoms with Crippen LogP contribution in [0.15, 0.2) is 97.1 Å². The Hall–Kier alpha value is -8.64. The van der Waals surface area contributed by atoms with Crippen LogP contribution in [0.5, 0.6) is 0 Å². The monoisotopic (exact) mass is 906 g/mol. The van der Waals surface area contributed by atoms with Gasteiger partial charge < -0.3 is 0 Å².